The summed E-state index contributed by atoms with van der Waals surface area (Å²) in [5.74, 6) is -0.457. The molecule has 0 radical (unpaired) electrons. The van der Waals surface area contributed by atoms with E-state index in [1.807, 2.05) is 0 Å². The molecule has 68 valence electrons. The van der Waals surface area contributed by atoms with E-state index in [9.17, 15) is 4.79 Å². The molecule has 0 aliphatic heterocycles. The van der Waals surface area contributed by atoms with Crippen molar-refractivity contribution in [2.24, 2.45) is 11.5 Å². The topological polar surface area (TPSA) is 81.1 Å². The van der Waals surface area contributed by atoms with Gasteiger partial charge in [0.05, 0.1) is 0 Å². The van der Waals surface area contributed by atoms with Crippen molar-refractivity contribution in [1.82, 2.24) is 0 Å². The maximum Gasteiger partial charge on any atom is 0.248 e. The lowest BCUT2D eigenvalue weighted by Crippen LogP contribution is -2.19. The van der Waals surface area contributed by atoms with Gasteiger partial charge in [-0.2, -0.15) is 0 Å². The summed E-state index contributed by atoms with van der Waals surface area (Å²) < 4.78 is 0. The van der Waals surface area contributed by atoms with Crippen molar-refractivity contribution in [1.29, 1.82) is 0 Å². The fourth-order valence-corrected chi connectivity index (χ4v) is 0.978. The van der Waals surface area contributed by atoms with Crippen LogP contribution < -0.4 is 16.8 Å². The lowest BCUT2D eigenvalue weighted by Gasteiger charge is -2.03. The second kappa shape index (κ2) is 3.86. The number of amides is 1. The molecule has 1 aromatic rings. The molecule has 0 aromatic heterocycles. The Morgan fingerprint density at radius 2 is 1.77 bits per heavy atom. The van der Waals surface area contributed by atoms with Gasteiger partial charge in [0, 0.05) is 11.3 Å². The molecule has 4 nitrogen and oxygen atoms in total. The van der Waals surface area contributed by atoms with Gasteiger partial charge in [0.2, 0.25) is 5.91 Å². The van der Waals surface area contributed by atoms with E-state index in [1.165, 1.54) is 0 Å². The third kappa shape index (κ3) is 2.72. The van der Waals surface area contributed by atoms with Crippen LogP contribution in [0.3, 0.4) is 0 Å². The van der Waals surface area contributed by atoms with Crippen molar-refractivity contribution in [3.63, 3.8) is 0 Å². The lowest BCUT2D eigenvalue weighted by molar-refractivity contribution is 0.100. The quantitative estimate of drug-likeness (QED) is 0.598. The summed E-state index contributed by atoms with van der Waals surface area (Å²) in [7, 11) is 0. The molecule has 5 heteroatoms. The van der Waals surface area contributed by atoms with Crippen molar-refractivity contribution in [2.45, 2.75) is 0 Å². The molecule has 0 bridgehead atoms. The van der Waals surface area contributed by atoms with E-state index in [2.05, 4.69) is 17.5 Å². The number of anilines is 1. The Balaban J connectivity index is 2.81. The van der Waals surface area contributed by atoms with Gasteiger partial charge in [-0.3, -0.25) is 4.79 Å². The molecule has 0 fully saturated rings. The Morgan fingerprint density at radius 1 is 1.23 bits per heavy atom. The number of hydrogen-bond donors (Lipinski definition) is 3. The van der Waals surface area contributed by atoms with Gasteiger partial charge in [-0.05, 0) is 36.5 Å². The summed E-state index contributed by atoms with van der Waals surface area (Å²) in [5.41, 5.74) is 11.5. The molecule has 13 heavy (non-hydrogen) atoms. The van der Waals surface area contributed by atoms with Crippen LogP contribution in [-0.2, 0) is 0 Å². The molecule has 0 heterocycles. The van der Waals surface area contributed by atoms with E-state index in [4.69, 9.17) is 11.5 Å². The van der Waals surface area contributed by atoms with E-state index >= 15 is 0 Å². The minimum absolute atomic E-state index is 0.187. The van der Waals surface area contributed by atoms with E-state index in [0.29, 0.717) is 5.56 Å². The number of benzene rings is 1. The van der Waals surface area contributed by atoms with Crippen molar-refractivity contribution in [3.8, 4) is 0 Å². The van der Waals surface area contributed by atoms with Gasteiger partial charge in [-0.15, -0.1) is 0 Å². The number of rotatable bonds is 2. The van der Waals surface area contributed by atoms with E-state index < -0.39 is 5.91 Å². The molecular formula is C8H9N3OS. The summed E-state index contributed by atoms with van der Waals surface area (Å²) in [6.45, 7) is 0. The standard InChI is InChI=1S/C8H9N3OS/c9-7(12)5-1-3-6(4-2-5)11-8(10)13/h1-4H,(H2,9,12)(H3,10,11,13). The Hall–Kier alpha value is -1.62. The SMILES string of the molecule is NC(=O)c1ccc(NC(N)=S)cc1. The molecule has 1 rings (SSSR count). The summed E-state index contributed by atoms with van der Waals surface area (Å²) in [5, 5.41) is 2.91. The number of carbonyl (C=O) groups excluding carboxylic acids is 1. The van der Waals surface area contributed by atoms with E-state index in [1.54, 1.807) is 24.3 Å². The summed E-state index contributed by atoms with van der Waals surface area (Å²) in [6.07, 6.45) is 0. The van der Waals surface area contributed by atoms with Gasteiger partial charge < -0.3 is 16.8 Å². The predicted molar refractivity (Wildman–Crippen MR) is 55.4 cm³/mol. The third-order valence-corrected chi connectivity index (χ3v) is 1.54. The van der Waals surface area contributed by atoms with Gasteiger partial charge in [0.1, 0.15) is 0 Å². The summed E-state index contributed by atoms with van der Waals surface area (Å²) in [4.78, 5) is 10.7. The molecule has 0 unspecified atom stereocenters. The minimum atomic E-state index is -0.457. The van der Waals surface area contributed by atoms with Crippen LogP contribution in [0.25, 0.3) is 0 Å². The average Bonchev–Trinajstić information content (AvgIpc) is 2.04. The van der Waals surface area contributed by atoms with Crippen molar-refractivity contribution >= 4 is 28.9 Å². The van der Waals surface area contributed by atoms with Gasteiger partial charge in [0.15, 0.2) is 5.11 Å². The normalized spacial score (nSPS) is 9.23. The third-order valence-electron chi connectivity index (χ3n) is 1.44. The number of carbonyl (C=O) groups is 1. The van der Waals surface area contributed by atoms with Crippen LogP contribution in [0.2, 0.25) is 0 Å². The van der Waals surface area contributed by atoms with Crippen LogP contribution in [0, 0.1) is 0 Å². The lowest BCUT2D eigenvalue weighted by atomic mass is 10.2. The summed E-state index contributed by atoms with van der Waals surface area (Å²) in [6, 6.07) is 6.56. The molecule has 1 amide bonds. The molecular weight excluding hydrogens is 186 g/mol. The summed E-state index contributed by atoms with van der Waals surface area (Å²) >= 11 is 4.64. The average molecular weight is 195 g/mol. The van der Waals surface area contributed by atoms with Crippen LogP contribution in [0.1, 0.15) is 10.4 Å². The van der Waals surface area contributed by atoms with E-state index in [-0.39, 0.29) is 5.11 Å². The number of thiocarbonyl (C=S) groups is 1. The molecule has 0 atom stereocenters. The van der Waals surface area contributed by atoms with Crippen LogP contribution in [0.5, 0.6) is 0 Å². The fourth-order valence-electron chi connectivity index (χ4n) is 0.860. The highest BCUT2D eigenvalue weighted by Gasteiger charge is 1.99. The highest BCUT2D eigenvalue weighted by molar-refractivity contribution is 7.80. The zero-order valence-electron chi connectivity index (χ0n) is 6.78. The highest BCUT2D eigenvalue weighted by Crippen LogP contribution is 2.08. The van der Waals surface area contributed by atoms with Crippen LogP contribution in [0.15, 0.2) is 24.3 Å². The molecule has 1 aromatic carbocycles. The fraction of sp³-hybridized carbons (Fsp3) is 0. The monoisotopic (exact) mass is 195 g/mol. The maximum atomic E-state index is 10.7. The zero-order chi connectivity index (χ0) is 9.84. The van der Waals surface area contributed by atoms with Gasteiger partial charge in [-0.25, -0.2) is 0 Å². The van der Waals surface area contributed by atoms with Gasteiger partial charge in [-0.1, -0.05) is 0 Å². The number of nitrogens with one attached hydrogen (secondary N) is 1. The van der Waals surface area contributed by atoms with Crippen LogP contribution >= 0.6 is 12.2 Å². The second-order valence-corrected chi connectivity index (χ2v) is 2.87. The molecule has 0 aliphatic rings. The first-order chi connectivity index (χ1) is 6.09. The first-order valence-electron chi connectivity index (χ1n) is 3.56. The number of nitrogens with two attached hydrogens (primary N) is 2. The van der Waals surface area contributed by atoms with Crippen molar-refractivity contribution in [2.75, 3.05) is 5.32 Å². The Bertz CT molecular complexity index is 334. The highest BCUT2D eigenvalue weighted by atomic mass is 32.1. The Labute approximate surface area is 80.9 Å². The second-order valence-electron chi connectivity index (χ2n) is 2.43. The smallest absolute Gasteiger partial charge is 0.248 e. The minimum Gasteiger partial charge on any atom is -0.376 e. The molecule has 0 spiro atoms. The number of primary amides is 1. The van der Waals surface area contributed by atoms with Gasteiger partial charge >= 0.3 is 0 Å². The van der Waals surface area contributed by atoms with Crippen molar-refractivity contribution in [3.05, 3.63) is 29.8 Å². The molecule has 5 N–H and O–H groups in total. The largest absolute Gasteiger partial charge is 0.376 e. The first kappa shape index (κ1) is 9.47. The Morgan fingerprint density at radius 3 is 2.15 bits per heavy atom. The maximum absolute atomic E-state index is 10.7. The first-order valence-corrected chi connectivity index (χ1v) is 3.97. The predicted octanol–water partition coefficient (Wildman–Crippen LogP) is 0.441. The molecule has 0 saturated carbocycles. The van der Waals surface area contributed by atoms with Crippen LogP contribution in [-0.4, -0.2) is 11.0 Å². The van der Waals surface area contributed by atoms with Crippen molar-refractivity contribution < 1.29 is 4.79 Å². The number of hydrogen-bond acceptors (Lipinski definition) is 2. The zero-order valence-corrected chi connectivity index (χ0v) is 7.60. The van der Waals surface area contributed by atoms with Gasteiger partial charge in [0.25, 0.3) is 0 Å². The molecule has 0 aliphatic carbocycles. The van der Waals surface area contributed by atoms with Crippen LogP contribution in [0.4, 0.5) is 5.69 Å². The molecule has 0 saturated heterocycles. The Kier molecular flexibility index (Phi) is 2.81. The van der Waals surface area contributed by atoms with E-state index in [0.717, 1.165) is 5.69 Å².